The van der Waals surface area contributed by atoms with E-state index in [4.69, 9.17) is 11.6 Å². The lowest BCUT2D eigenvalue weighted by atomic mass is 9.87. The highest BCUT2D eigenvalue weighted by atomic mass is 35.5. The van der Waals surface area contributed by atoms with Crippen molar-refractivity contribution in [2.75, 3.05) is 5.32 Å². The van der Waals surface area contributed by atoms with E-state index < -0.39 is 0 Å². The zero-order valence-electron chi connectivity index (χ0n) is 11.2. The first-order valence-electron chi connectivity index (χ1n) is 6.04. The van der Waals surface area contributed by atoms with Gasteiger partial charge >= 0.3 is 0 Å². The van der Waals surface area contributed by atoms with Gasteiger partial charge in [0.05, 0.1) is 12.2 Å². The van der Waals surface area contributed by atoms with E-state index in [1.165, 1.54) is 16.9 Å². The Hall–Kier alpha value is -1.26. The van der Waals surface area contributed by atoms with Crippen molar-refractivity contribution in [1.82, 2.24) is 4.98 Å². The van der Waals surface area contributed by atoms with Crippen molar-refractivity contribution in [2.45, 2.75) is 32.7 Å². The molecule has 1 aromatic carbocycles. The van der Waals surface area contributed by atoms with Gasteiger partial charge < -0.3 is 10.4 Å². The first kappa shape index (κ1) is 14.2. The van der Waals surface area contributed by atoms with Crippen LogP contribution >= 0.6 is 22.9 Å². The lowest BCUT2D eigenvalue weighted by molar-refractivity contribution is 0.476. The maximum atomic E-state index is 9.88. The van der Waals surface area contributed by atoms with Gasteiger partial charge in [-0.1, -0.05) is 38.4 Å². The largest absolute Gasteiger partial charge is 0.506 e. The molecule has 3 nitrogen and oxygen atoms in total. The van der Waals surface area contributed by atoms with Gasteiger partial charge in [-0.25, -0.2) is 4.98 Å². The predicted molar refractivity (Wildman–Crippen MR) is 81.3 cm³/mol. The molecule has 1 heterocycles. The first-order chi connectivity index (χ1) is 8.86. The molecule has 0 atom stereocenters. The second kappa shape index (κ2) is 5.39. The molecule has 0 fully saturated rings. The molecule has 0 radical (unpaired) electrons. The molecule has 0 amide bonds. The minimum atomic E-state index is 0.0535. The fourth-order valence-electron chi connectivity index (χ4n) is 1.69. The van der Waals surface area contributed by atoms with Crippen LogP contribution in [0.5, 0.6) is 5.75 Å². The third-order valence-corrected chi connectivity index (χ3v) is 3.96. The molecule has 19 heavy (non-hydrogen) atoms. The van der Waals surface area contributed by atoms with Crippen molar-refractivity contribution in [3.8, 4) is 5.75 Å². The normalized spacial score (nSPS) is 11.6. The summed E-state index contributed by atoms with van der Waals surface area (Å²) < 4.78 is 0.532. The zero-order chi connectivity index (χ0) is 14.0. The minimum absolute atomic E-state index is 0.0535. The maximum absolute atomic E-state index is 9.88. The van der Waals surface area contributed by atoms with E-state index in [2.05, 4.69) is 31.1 Å². The topological polar surface area (TPSA) is 45.1 Å². The number of nitrogens with zero attached hydrogens (tertiary/aromatic N) is 1. The lowest BCUT2D eigenvalue weighted by Crippen LogP contribution is -2.11. The van der Waals surface area contributed by atoms with Crippen LogP contribution in [-0.4, -0.2) is 10.1 Å². The van der Waals surface area contributed by atoms with Crippen molar-refractivity contribution < 1.29 is 5.11 Å². The van der Waals surface area contributed by atoms with Gasteiger partial charge in [0.15, 0.2) is 4.47 Å². The number of benzene rings is 1. The van der Waals surface area contributed by atoms with Crippen molar-refractivity contribution in [2.24, 2.45) is 0 Å². The van der Waals surface area contributed by atoms with E-state index in [9.17, 15) is 5.11 Å². The molecule has 2 rings (SSSR count). The summed E-state index contributed by atoms with van der Waals surface area (Å²) in [6.07, 6.45) is 1.74. The number of phenols is 1. The number of phenolic OH excluding ortho intramolecular Hbond substituents is 1. The Labute approximate surface area is 122 Å². The molecule has 0 aliphatic rings. The second-order valence-corrected chi connectivity index (χ2v) is 7.11. The molecule has 0 saturated carbocycles. The Kier molecular flexibility index (Phi) is 4.02. The second-order valence-electron chi connectivity index (χ2n) is 5.42. The van der Waals surface area contributed by atoms with Crippen LogP contribution < -0.4 is 5.32 Å². The van der Waals surface area contributed by atoms with Gasteiger partial charge in [-0.2, -0.15) is 0 Å². The number of hydrogen-bond acceptors (Lipinski definition) is 4. The maximum Gasteiger partial charge on any atom is 0.183 e. The van der Waals surface area contributed by atoms with E-state index >= 15 is 0 Å². The van der Waals surface area contributed by atoms with Gasteiger partial charge in [0.2, 0.25) is 0 Å². The zero-order valence-corrected chi connectivity index (χ0v) is 12.8. The van der Waals surface area contributed by atoms with E-state index in [0.717, 1.165) is 10.6 Å². The Morgan fingerprint density at radius 1 is 1.37 bits per heavy atom. The summed E-state index contributed by atoms with van der Waals surface area (Å²) in [4.78, 5) is 5.02. The number of anilines is 1. The average Bonchev–Trinajstić information content (AvgIpc) is 2.72. The molecule has 0 aliphatic heterocycles. The average molecular weight is 297 g/mol. The number of rotatable bonds is 3. The summed E-state index contributed by atoms with van der Waals surface area (Å²) in [7, 11) is 0. The molecule has 0 unspecified atom stereocenters. The molecule has 0 spiro atoms. The predicted octanol–water partition coefficient (Wildman–Crippen LogP) is 4.41. The summed E-state index contributed by atoms with van der Waals surface area (Å²) in [6.45, 7) is 7.04. The fourth-order valence-corrected chi connectivity index (χ4v) is 2.61. The first-order valence-corrected chi connectivity index (χ1v) is 7.23. The third kappa shape index (κ3) is 3.61. The molecule has 2 N–H and O–H groups in total. The molecule has 0 saturated heterocycles. The van der Waals surface area contributed by atoms with Crippen molar-refractivity contribution in [3.63, 3.8) is 0 Å². The molecule has 5 heteroatoms. The van der Waals surface area contributed by atoms with Crippen LogP contribution in [0.3, 0.4) is 0 Å². The van der Waals surface area contributed by atoms with Gasteiger partial charge in [-0.3, -0.25) is 0 Å². The molecular formula is C14H17ClN2OS. The number of hydrogen-bond donors (Lipinski definition) is 2. The molecule has 1 aromatic heterocycles. The van der Waals surface area contributed by atoms with Crippen molar-refractivity contribution in [3.05, 3.63) is 39.3 Å². The number of thiazole rings is 1. The van der Waals surface area contributed by atoms with Gasteiger partial charge in [0.1, 0.15) is 5.75 Å². The number of aromatic hydroxyl groups is 1. The van der Waals surface area contributed by atoms with E-state index in [1.54, 1.807) is 12.3 Å². The highest BCUT2D eigenvalue weighted by Gasteiger charge is 2.15. The Bertz CT molecular complexity index is 575. The Morgan fingerprint density at radius 3 is 2.68 bits per heavy atom. The SMILES string of the molecule is CC(C)(C)c1ccc(O)c(NCc2cnc(Cl)s2)c1. The van der Waals surface area contributed by atoms with Crippen molar-refractivity contribution in [1.29, 1.82) is 0 Å². The van der Waals surface area contributed by atoms with Gasteiger partial charge in [-0.15, -0.1) is 11.3 Å². The van der Waals surface area contributed by atoms with Crippen LogP contribution in [0.1, 0.15) is 31.2 Å². The van der Waals surface area contributed by atoms with Crippen LogP contribution in [0.15, 0.2) is 24.4 Å². The minimum Gasteiger partial charge on any atom is -0.506 e. The third-order valence-electron chi connectivity index (χ3n) is 2.84. The smallest absolute Gasteiger partial charge is 0.183 e. The molecule has 0 aliphatic carbocycles. The highest BCUT2D eigenvalue weighted by molar-refractivity contribution is 7.15. The summed E-state index contributed by atoms with van der Waals surface area (Å²) in [5, 5.41) is 13.1. The monoisotopic (exact) mass is 296 g/mol. The van der Waals surface area contributed by atoms with E-state index in [0.29, 0.717) is 11.0 Å². The molecule has 0 bridgehead atoms. The van der Waals surface area contributed by atoms with Gasteiger partial charge in [-0.05, 0) is 23.1 Å². The Balaban J connectivity index is 2.15. The van der Waals surface area contributed by atoms with Crippen LogP contribution in [0, 0.1) is 0 Å². The Morgan fingerprint density at radius 2 is 2.11 bits per heavy atom. The van der Waals surface area contributed by atoms with Crippen LogP contribution in [0.4, 0.5) is 5.69 Å². The van der Waals surface area contributed by atoms with E-state index in [-0.39, 0.29) is 11.2 Å². The quantitative estimate of drug-likeness (QED) is 0.825. The number of halogens is 1. The van der Waals surface area contributed by atoms with Crippen molar-refractivity contribution >= 4 is 28.6 Å². The van der Waals surface area contributed by atoms with E-state index in [1.807, 2.05) is 12.1 Å². The highest BCUT2D eigenvalue weighted by Crippen LogP contribution is 2.31. The lowest BCUT2D eigenvalue weighted by Gasteiger charge is -2.20. The van der Waals surface area contributed by atoms with Crippen LogP contribution in [-0.2, 0) is 12.0 Å². The summed E-state index contributed by atoms with van der Waals surface area (Å²) in [5.74, 6) is 0.253. The van der Waals surface area contributed by atoms with Gasteiger partial charge in [0.25, 0.3) is 0 Å². The van der Waals surface area contributed by atoms with Gasteiger partial charge in [0, 0.05) is 11.1 Å². The summed E-state index contributed by atoms with van der Waals surface area (Å²) in [5.41, 5.74) is 1.96. The molecule has 2 aromatic rings. The molecule has 102 valence electrons. The fraction of sp³-hybridized carbons (Fsp3) is 0.357. The van der Waals surface area contributed by atoms with Crippen LogP contribution in [0.2, 0.25) is 4.47 Å². The van der Waals surface area contributed by atoms with Crippen LogP contribution in [0.25, 0.3) is 0 Å². The summed E-state index contributed by atoms with van der Waals surface area (Å²) >= 11 is 7.22. The summed E-state index contributed by atoms with van der Waals surface area (Å²) in [6, 6.07) is 5.66. The molecular weight excluding hydrogens is 280 g/mol. The standard InChI is InChI=1S/C14H17ClN2OS/c1-14(2,3)9-4-5-12(18)11(6-9)16-7-10-8-17-13(15)19-10/h4-6,8,16,18H,7H2,1-3H3. The number of aromatic nitrogens is 1. The number of nitrogens with one attached hydrogen (secondary N) is 1.